The zero-order valence-corrected chi connectivity index (χ0v) is 15.4. The van der Waals surface area contributed by atoms with E-state index in [9.17, 15) is 30.0 Å². The Morgan fingerprint density at radius 2 is 1.76 bits per heavy atom. The molecule has 0 aromatic rings. The van der Waals surface area contributed by atoms with Crippen LogP contribution in [0.15, 0.2) is 0 Å². The van der Waals surface area contributed by atoms with E-state index in [2.05, 4.69) is 4.18 Å². The molecule has 1 fully saturated rings. The first kappa shape index (κ1) is 22.6. The highest BCUT2D eigenvalue weighted by atomic mass is 32.2. The molecule has 13 heteroatoms. The molecule has 150 valence electrons. The highest BCUT2D eigenvalue weighted by molar-refractivity contribution is 7.87. The third-order valence-electron chi connectivity index (χ3n) is 3.65. The van der Waals surface area contributed by atoms with Crippen LogP contribution in [0.5, 0.6) is 0 Å². The normalized spacial score (nSPS) is 21.1. The van der Waals surface area contributed by atoms with Gasteiger partial charge in [0.05, 0.1) is 12.4 Å². The second-order valence-electron chi connectivity index (χ2n) is 5.83. The molecule has 1 N–H and O–H groups in total. The molecule has 0 amide bonds. The molecule has 1 unspecified atom stereocenters. The minimum absolute atomic E-state index is 0.0368. The van der Waals surface area contributed by atoms with Crippen LogP contribution < -0.4 is 0 Å². The molecular weight excluding hydrogens is 389 g/mol. The molecule has 0 saturated carbocycles. The summed E-state index contributed by atoms with van der Waals surface area (Å²) in [5.74, 6) is -0.400. The van der Waals surface area contributed by atoms with E-state index in [0.29, 0.717) is 25.9 Å². The van der Waals surface area contributed by atoms with Crippen molar-refractivity contribution >= 4 is 20.2 Å². The van der Waals surface area contributed by atoms with E-state index in [-0.39, 0.29) is 19.6 Å². The third-order valence-corrected chi connectivity index (χ3v) is 5.50. The Morgan fingerprint density at radius 3 is 2.28 bits per heavy atom. The number of rotatable bonds is 10. The maximum absolute atomic E-state index is 12.5. The summed E-state index contributed by atoms with van der Waals surface area (Å²) in [5, 5.41) is 0. The largest absolute Gasteiger partial charge is 0.523 e. The van der Waals surface area contributed by atoms with E-state index in [1.165, 1.54) is 4.90 Å². The van der Waals surface area contributed by atoms with Crippen LogP contribution in [-0.2, 0) is 24.4 Å². The lowest BCUT2D eigenvalue weighted by Gasteiger charge is -2.23. The van der Waals surface area contributed by atoms with Crippen molar-refractivity contribution in [2.24, 2.45) is 0 Å². The summed E-state index contributed by atoms with van der Waals surface area (Å²) >= 11 is 0. The predicted octanol–water partition coefficient (Wildman–Crippen LogP) is 1.22. The lowest BCUT2D eigenvalue weighted by molar-refractivity contribution is -0.0630. The molecular formula is C12H23F3N2O6S2. The van der Waals surface area contributed by atoms with Crippen molar-refractivity contribution in [3.05, 3.63) is 0 Å². The van der Waals surface area contributed by atoms with Gasteiger partial charge in [0.25, 0.3) is 10.1 Å². The van der Waals surface area contributed by atoms with Crippen LogP contribution in [0.3, 0.4) is 0 Å². The average molecular weight is 412 g/mol. The fourth-order valence-corrected chi connectivity index (χ4v) is 3.54. The van der Waals surface area contributed by atoms with E-state index < -0.39 is 37.7 Å². The SMILES string of the molecule is CCCCN1CN(CCCCS(=O)(=O)O)CC1OS(=O)(=O)C(F)(F)F. The quantitative estimate of drug-likeness (QED) is 0.247. The number of hydrogen-bond acceptors (Lipinski definition) is 7. The van der Waals surface area contributed by atoms with E-state index >= 15 is 0 Å². The maximum atomic E-state index is 12.5. The van der Waals surface area contributed by atoms with Crippen molar-refractivity contribution in [1.82, 2.24) is 9.80 Å². The molecule has 1 atom stereocenters. The molecule has 0 aromatic carbocycles. The summed E-state index contributed by atoms with van der Waals surface area (Å²) in [6, 6.07) is 0. The second kappa shape index (κ2) is 8.95. The minimum atomic E-state index is -5.69. The highest BCUT2D eigenvalue weighted by Gasteiger charge is 2.50. The number of unbranched alkanes of at least 4 members (excludes halogenated alkanes) is 2. The Balaban J connectivity index is 2.63. The molecule has 0 aliphatic carbocycles. The van der Waals surface area contributed by atoms with Crippen molar-refractivity contribution in [3.63, 3.8) is 0 Å². The number of alkyl halides is 3. The fraction of sp³-hybridized carbons (Fsp3) is 1.00. The first-order valence-electron chi connectivity index (χ1n) is 7.77. The van der Waals surface area contributed by atoms with Gasteiger partial charge in [-0.15, -0.1) is 0 Å². The lowest BCUT2D eigenvalue weighted by atomic mass is 10.3. The van der Waals surface area contributed by atoms with E-state index in [1.807, 2.05) is 6.92 Å². The van der Waals surface area contributed by atoms with Crippen LogP contribution in [-0.4, -0.2) is 75.0 Å². The summed E-state index contributed by atoms with van der Waals surface area (Å²) in [7, 11) is -9.74. The highest BCUT2D eigenvalue weighted by Crippen LogP contribution is 2.28. The molecule has 8 nitrogen and oxygen atoms in total. The van der Waals surface area contributed by atoms with Gasteiger partial charge in [-0.1, -0.05) is 13.3 Å². The second-order valence-corrected chi connectivity index (χ2v) is 8.96. The molecule has 1 heterocycles. The predicted molar refractivity (Wildman–Crippen MR) is 83.6 cm³/mol. The first-order valence-corrected chi connectivity index (χ1v) is 10.8. The van der Waals surface area contributed by atoms with E-state index in [4.69, 9.17) is 4.55 Å². The van der Waals surface area contributed by atoms with Gasteiger partial charge in [0.2, 0.25) is 0 Å². The van der Waals surface area contributed by atoms with Gasteiger partial charge in [-0.05, 0) is 25.8 Å². The van der Waals surface area contributed by atoms with Crippen molar-refractivity contribution in [3.8, 4) is 0 Å². The Hall–Kier alpha value is -0.470. The van der Waals surface area contributed by atoms with Gasteiger partial charge in [0.1, 0.15) is 6.23 Å². The zero-order valence-electron chi connectivity index (χ0n) is 13.8. The Morgan fingerprint density at radius 1 is 1.12 bits per heavy atom. The molecule has 25 heavy (non-hydrogen) atoms. The average Bonchev–Trinajstić information content (AvgIpc) is 2.80. The number of hydrogen-bond donors (Lipinski definition) is 1. The Bertz CT molecular complexity index is 623. The molecule has 1 saturated heterocycles. The molecule has 1 rings (SSSR count). The summed E-state index contributed by atoms with van der Waals surface area (Å²) in [4.78, 5) is 3.20. The molecule has 1 aliphatic heterocycles. The van der Waals surface area contributed by atoms with Gasteiger partial charge >= 0.3 is 15.6 Å². The lowest BCUT2D eigenvalue weighted by Crippen LogP contribution is -2.39. The summed E-state index contributed by atoms with van der Waals surface area (Å²) in [5.41, 5.74) is -5.48. The fourth-order valence-electron chi connectivity index (χ4n) is 2.39. The summed E-state index contributed by atoms with van der Waals surface area (Å²) in [6.07, 6.45) is 0.794. The van der Waals surface area contributed by atoms with E-state index in [0.717, 1.165) is 6.42 Å². The molecule has 0 bridgehead atoms. The van der Waals surface area contributed by atoms with Crippen LogP contribution in [0.25, 0.3) is 0 Å². The minimum Gasteiger partial charge on any atom is -0.286 e. The third kappa shape index (κ3) is 7.74. The van der Waals surface area contributed by atoms with Crippen LogP contribution in [0.2, 0.25) is 0 Å². The molecule has 0 aromatic heterocycles. The van der Waals surface area contributed by atoms with Gasteiger partial charge in [-0.3, -0.25) is 14.4 Å². The Kier molecular flexibility index (Phi) is 8.08. The van der Waals surface area contributed by atoms with Gasteiger partial charge in [0.15, 0.2) is 0 Å². The molecule has 1 aliphatic rings. The number of halogens is 3. The zero-order chi connectivity index (χ0) is 19.3. The topological polar surface area (TPSA) is 104 Å². The molecule has 0 spiro atoms. The Labute approximate surface area is 145 Å². The number of nitrogens with zero attached hydrogens (tertiary/aromatic N) is 2. The van der Waals surface area contributed by atoms with Gasteiger partial charge in [0, 0.05) is 13.1 Å². The van der Waals surface area contributed by atoms with Crippen LogP contribution >= 0.6 is 0 Å². The maximum Gasteiger partial charge on any atom is 0.523 e. The van der Waals surface area contributed by atoms with Crippen LogP contribution in [0.1, 0.15) is 32.6 Å². The smallest absolute Gasteiger partial charge is 0.286 e. The van der Waals surface area contributed by atoms with Crippen molar-refractivity contribution in [2.45, 2.75) is 44.3 Å². The summed E-state index contributed by atoms with van der Waals surface area (Å²) in [6.45, 7) is 2.82. The van der Waals surface area contributed by atoms with Crippen LogP contribution in [0.4, 0.5) is 13.2 Å². The standard InChI is InChI=1S/C12H23F3N2O6S2/c1-2-3-7-17-10-16(6-4-5-8-24(18,19)20)9-11(17)23-25(21,22)12(13,14)15/h11H,2-10H2,1H3,(H,18,19,20). The summed E-state index contributed by atoms with van der Waals surface area (Å²) < 4.78 is 94.2. The van der Waals surface area contributed by atoms with Gasteiger partial charge < -0.3 is 0 Å². The van der Waals surface area contributed by atoms with Crippen molar-refractivity contribution in [2.75, 3.05) is 32.1 Å². The monoisotopic (exact) mass is 412 g/mol. The first-order chi connectivity index (χ1) is 11.4. The van der Waals surface area contributed by atoms with Gasteiger partial charge in [-0.25, -0.2) is 4.18 Å². The van der Waals surface area contributed by atoms with E-state index in [1.54, 1.807) is 4.90 Å². The molecule has 0 radical (unpaired) electrons. The van der Waals surface area contributed by atoms with Crippen molar-refractivity contribution in [1.29, 1.82) is 0 Å². The van der Waals surface area contributed by atoms with Crippen LogP contribution in [0, 0.1) is 0 Å². The van der Waals surface area contributed by atoms with Gasteiger partial charge in [-0.2, -0.15) is 30.0 Å². The van der Waals surface area contributed by atoms with Crippen molar-refractivity contribution < 1.29 is 38.7 Å².